The van der Waals surface area contributed by atoms with E-state index in [4.69, 9.17) is 4.74 Å². The van der Waals surface area contributed by atoms with Crippen molar-refractivity contribution < 1.29 is 14.3 Å². The number of hydrogen-bond acceptors (Lipinski definition) is 3. The van der Waals surface area contributed by atoms with E-state index in [1.165, 1.54) is 6.92 Å². The molecule has 3 nitrogen and oxygen atoms in total. The summed E-state index contributed by atoms with van der Waals surface area (Å²) >= 11 is 0. The summed E-state index contributed by atoms with van der Waals surface area (Å²) in [6.45, 7) is 7.49. The summed E-state index contributed by atoms with van der Waals surface area (Å²) in [6.07, 6.45) is 3.58. The van der Waals surface area contributed by atoms with Crippen LogP contribution in [0.15, 0.2) is 11.6 Å². The van der Waals surface area contributed by atoms with Crippen molar-refractivity contribution in [2.45, 2.75) is 40.5 Å². The molecule has 0 aliphatic carbocycles. The van der Waals surface area contributed by atoms with Gasteiger partial charge in [0.2, 0.25) is 0 Å². The van der Waals surface area contributed by atoms with Gasteiger partial charge in [0.15, 0.2) is 5.78 Å². The molecule has 0 fully saturated rings. The Morgan fingerprint density at radius 2 is 1.73 bits per heavy atom. The molecule has 0 aliphatic heterocycles. The minimum atomic E-state index is -0.503. The molecule has 0 radical (unpaired) electrons. The standard InChI is InChI=1S/C12H20O3/c1-5-10(6-2)8-11(9(4)13)12(14)15-7-3/h8,10H,5-7H2,1-4H3/b11-8+. The quantitative estimate of drug-likeness (QED) is 0.294. The van der Waals surface area contributed by atoms with Crippen LogP contribution in [0, 0.1) is 5.92 Å². The molecule has 0 saturated carbocycles. The molecule has 0 rings (SSSR count). The Balaban J connectivity index is 4.79. The number of ketones is 1. The molecule has 0 N–H and O–H groups in total. The number of carbonyl (C=O) groups excluding carboxylic acids is 2. The van der Waals surface area contributed by atoms with Crippen molar-refractivity contribution in [1.29, 1.82) is 0 Å². The molecule has 0 aliphatic rings. The van der Waals surface area contributed by atoms with Crippen molar-refractivity contribution >= 4 is 11.8 Å². The number of carbonyl (C=O) groups is 2. The Bertz CT molecular complexity index is 250. The Labute approximate surface area is 91.5 Å². The highest BCUT2D eigenvalue weighted by molar-refractivity contribution is 6.16. The zero-order valence-corrected chi connectivity index (χ0v) is 10.0. The number of esters is 1. The second-order valence-corrected chi connectivity index (χ2v) is 3.43. The third kappa shape index (κ3) is 4.77. The lowest BCUT2D eigenvalue weighted by molar-refractivity contribution is -0.139. The van der Waals surface area contributed by atoms with Crippen LogP contribution in [-0.2, 0) is 14.3 Å². The van der Waals surface area contributed by atoms with Crippen molar-refractivity contribution in [2.75, 3.05) is 6.61 Å². The number of ether oxygens (including phenoxy) is 1. The van der Waals surface area contributed by atoms with Gasteiger partial charge in [-0.3, -0.25) is 4.79 Å². The van der Waals surface area contributed by atoms with Gasteiger partial charge in [0, 0.05) is 0 Å². The van der Waals surface area contributed by atoms with E-state index in [2.05, 4.69) is 0 Å². The van der Waals surface area contributed by atoms with Crippen LogP contribution in [0.2, 0.25) is 0 Å². The molecule has 0 aromatic carbocycles. The van der Waals surface area contributed by atoms with Crippen molar-refractivity contribution in [1.82, 2.24) is 0 Å². The molecule has 15 heavy (non-hydrogen) atoms. The zero-order chi connectivity index (χ0) is 11.8. The molecular weight excluding hydrogens is 192 g/mol. The minimum absolute atomic E-state index is 0.186. The first kappa shape index (κ1) is 13.9. The first-order valence-corrected chi connectivity index (χ1v) is 5.46. The minimum Gasteiger partial charge on any atom is -0.462 e. The van der Waals surface area contributed by atoms with Crippen molar-refractivity contribution in [3.8, 4) is 0 Å². The molecule has 86 valence electrons. The Morgan fingerprint density at radius 3 is 2.07 bits per heavy atom. The van der Waals surface area contributed by atoms with Crippen molar-refractivity contribution in [2.24, 2.45) is 5.92 Å². The van der Waals surface area contributed by atoms with Gasteiger partial charge in [-0.15, -0.1) is 0 Å². The van der Waals surface area contributed by atoms with Crippen LogP contribution >= 0.6 is 0 Å². The Hall–Kier alpha value is -1.12. The average molecular weight is 212 g/mol. The second-order valence-electron chi connectivity index (χ2n) is 3.43. The van der Waals surface area contributed by atoms with Crippen LogP contribution in [0.25, 0.3) is 0 Å². The highest BCUT2D eigenvalue weighted by atomic mass is 16.5. The lowest BCUT2D eigenvalue weighted by Gasteiger charge is -2.09. The van der Waals surface area contributed by atoms with Crippen LogP contribution < -0.4 is 0 Å². The van der Waals surface area contributed by atoms with Crippen LogP contribution in [0.3, 0.4) is 0 Å². The van der Waals surface area contributed by atoms with Gasteiger partial charge in [-0.05, 0) is 32.6 Å². The lowest BCUT2D eigenvalue weighted by atomic mass is 9.98. The largest absolute Gasteiger partial charge is 0.462 e. The fraction of sp³-hybridized carbons (Fsp3) is 0.667. The first-order valence-electron chi connectivity index (χ1n) is 5.46. The topological polar surface area (TPSA) is 43.4 Å². The highest BCUT2D eigenvalue weighted by Crippen LogP contribution is 2.13. The first-order chi connectivity index (χ1) is 7.06. The maximum atomic E-state index is 11.4. The summed E-state index contributed by atoms with van der Waals surface area (Å²) in [7, 11) is 0. The maximum absolute atomic E-state index is 11.4. The average Bonchev–Trinajstić information content (AvgIpc) is 2.19. The predicted molar refractivity (Wildman–Crippen MR) is 59.5 cm³/mol. The highest BCUT2D eigenvalue weighted by Gasteiger charge is 2.16. The summed E-state index contributed by atoms with van der Waals surface area (Å²) in [6, 6.07) is 0. The fourth-order valence-electron chi connectivity index (χ4n) is 1.30. The molecule has 0 saturated heterocycles. The van der Waals surface area contributed by atoms with E-state index in [9.17, 15) is 9.59 Å². The summed E-state index contributed by atoms with van der Waals surface area (Å²) in [5, 5.41) is 0. The summed E-state index contributed by atoms with van der Waals surface area (Å²) in [5.41, 5.74) is 0.186. The van der Waals surface area contributed by atoms with E-state index in [-0.39, 0.29) is 17.3 Å². The molecule has 0 bridgehead atoms. The summed E-state index contributed by atoms with van der Waals surface area (Å²) in [4.78, 5) is 22.7. The molecular formula is C12H20O3. The van der Waals surface area contributed by atoms with Gasteiger partial charge in [-0.2, -0.15) is 0 Å². The molecule has 0 unspecified atom stereocenters. The van der Waals surface area contributed by atoms with E-state index in [1.807, 2.05) is 13.8 Å². The molecule has 0 amide bonds. The number of Topliss-reactive ketones (excluding diaryl/α,β-unsaturated/α-hetero) is 1. The van der Waals surface area contributed by atoms with Crippen molar-refractivity contribution in [3.05, 3.63) is 11.6 Å². The lowest BCUT2D eigenvalue weighted by Crippen LogP contribution is -2.15. The van der Waals surface area contributed by atoms with E-state index in [1.54, 1.807) is 13.0 Å². The predicted octanol–water partition coefficient (Wildman–Crippen LogP) is 2.50. The van der Waals surface area contributed by atoms with Crippen LogP contribution in [-0.4, -0.2) is 18.4 Å². The SMILES string of the molecule is CCOC(=O)/C(=C/C(CC)CC)C(C)=O. The number of hydrogen-bond donors (Lipinski definition) is 0. The van der Waals surface area contributed by atoms with Gasteiger partial charge >= 0.3 is 5.97 Å². The Kier molecular flexibility index (Phi) is 6.67. The maximum Gasteiger partial charge on any atom is 0.341 e. The molecule has 0 aromatic heterocycles. The van der Waals surface area contributed by atoms with Gasteiger partial charge in [-0.1, -0.05) is 19.9 Å². The smallest absolute Gasteiger partial charge is 0.341 e. The van der Waals surface area contributed by atoms with E-state index in [0.717, 1.165) is 12.8 Å². The van der Waals surface area contributed by atoms with Crippen molar-refractivity contribution in [3.63, 3.8) is 0 Å². The fourth-order valence-corrected chi connectivity index (χ4v) is 1.30. The van der Waals surface area contributed by atoms with Gasteiger partial charge < -0.3 is 4.74 Å². The Morgan fingerprint density at radius 1 is 1.20 bits per heavy atom. The van der Waals surface area contributed by atoms with Gasteiger partial charge in [-0.25, -0.2) is 4.79 Å². The third-order valence-electron chi connectivity index (χ3n) is 2.33. The third-order valence-corrected chi connectivity index (χ3v) is 2.33. The summed E-state index contributed by atoms with van der Waals surface area (Å²) < 4.78 is 4.83. The van der Waals surface area contributed by atoms with Gasteiger partial charge in [0.1, 0.15) is 0 Å². The molecule has 0 atom stereocenters. The van der Waals surface area contributed by atoms with E-state index < -0.39 is 5.97 Å². The van der Waals surface area contributed by atoms with Gasteiger partial charge in [0.05, 0.1) is 12.2 Å². The van der Waals surface area contributed by atoms with Crippen LogP contribution in [0.5, 0.6) is 0 Å². The molecule has 0 spiro atoms. The second kappa shape index (κ2) is 7.21. The molecule has 0 aromatic rings. The zero-order valence-electron chi connectivity index (χ0n) is 10.0. The number of allylic oxidation sites excluding steroid dienone is 1. The van der Waals surface area contributed by atoms with Gasteiger partial charge in [0.25, 0.3) is 0 Å². The molecule has 0 heterocycles. The normalized spacial score (nSPS) is 11.7. The van der Waals surface area contributed by atoms with Crippen LogP contribution in [0.4, 0.5) is 0 Å². The van der Waals surface area contributed by atoms with E-state index >= 15 is 0 Å². The number of rotatable bonds is 6. The van der Waals surface area contributed by atoms with E-state index in [0.29, 0.717) is 6.61 Å². The summed E-state index contributed by atoms with van der Waals surface area (Å²) in [5.74, 6) is -0.453. The van der Waals surface area contributed by atoms with Crippen LogP contribution in [0.1, 0.15) is 40.5 Å². The monoisotopic (exact) mass is 212 g/mol. The molecule has 3 heteroatoms.